The van der Waals surface area contributed by atoms with E-state index in [1.165, 1.54) is 0 Å². The third kappa shape index (κ3) is 1.94. The molecule has 1 atom stereocenters. The van der Waals surface area contributed by atoms with E-state index in [1.54, 1.807) is 12.3 Å². The van der Waals surface area contributed by atoms with E-state index in [0.29, 0.717) is 11.5 Å². The van der Waals surface area contributed by atoms with Crippen LogP contribution in [0.2, 0.25) is 0 Å². The van der Waals surface area contributed by atoms with Gasteiger partial charge in [-0.05, 0) is 12.1 Å². The van der Waals surface area contributed by atoms with Crippen LogP contribution in [0.25, 0.3) is 11.2 Å². The quantitative estimate of drug-likeness (QED) is 0.675. The first kappa shape index (κ1) is 9.60. The van der Waals surface area contributed by atoms with Crippen molar-refractivity contribution in [2.75, 3.05) is 0 Å². The molecule has 78 valence electrons. The van der Waals surface area contributed by atoms with Crippen LogP contribution in [-0.4, -0.2) is 26.0 Å². The Kier molecular flexibility index (Phi) is 2.34. The van der Waals surface area contributed by atoms with Gasteiger partial charge in [0.25, 0.3) is 0 Å². The van der Waals surface area contributed by atoms with Gasteiger partial charge in [0.05, 0.1) is 18.0 Å². The molecule has 6 heteroatoms. The number of aromatic nitrogens is 3. The molecule has 0 saturated heterocycles. The maximum Gasteiger partial charge on any atom is 0.305 e. The number of hydrogen-bond donors (Lipinski definition) is 3. The number of rotatable bonds is 3. The summed E-state index contributed by atoms with van der Waals surface area (Å²) in [5, 5.41) is 8.58. The summed E-state index contributed by atoms with van der Waals surface area (Å²) in [6.07, 6.45) is 1.47. The summed E-state index contributed by atoms with van der Waals surface area (Å²) in [6, 6.07) is 2.95. The third-order valence-corrected chi connectivity index (χ3v) is 2.02. The van der Waals surface area contributed by atoms with Gasteiger partial charge in [0, 0.05) is 6.20 Å². The van der Waals surface area contributed by atoms with Crippen molar-refractivity contribution in [2.24, 2.45) is 5.73 Å². The Bertz CT molecular complexity index is 461. The standard InChI is InChI=1S/C9H10N4O2/c10-5(4-7(14)15)8-12-6-2-1-3-11-9(6)13-8/h1-3,5H,4,10H2,(H,14,15)(H,11,12,13)/t5-/m1/s1. The van der Waals surface area contributed by atoms with E-state index in [0.717, 1.165) is 5.52 Å². The van der Waals surface area contributed by atoms with Crippen LogP contribution in [0.5, 0.6) is 0 Å². The molecule has 2 heterocycles. The van der Waals surface area contributed by atoms with Gasteiger partial charge in [-0.1, -0.05) is 0 Å². The molecular weight excluding hydrogens is 196 g/mol. The number of imidazole rings is 1. The van der Waals surface area contributed by atoms with Crippen molar-refractivity contribution in [3.63, 3.8) is 0 Å². The number of fused-ring (bicyclic) bond motifs is 1. The van der Waals surface area contributed by atoms with Crippen molar-refractivity contribution in [2.45, 2.75) is 12.5 Å². The highest BCUT2D eigenvalue weighted by atomic mass is 16.4. The van der Waals surface area contributed by atoms with Crippen molar-refractivity contribution in [3.8, 4) is 0 Å². The molecule has 0 aliphatic carbocycles. The Morgan fingerprint density at radius 3 is 3.13 bits per heavy atom. The van der Waals surface area contributed by atoms with Crippen molar-refractivity contribution in [1.82, 2.24) is 15.0 Å². The molecule has 4 N–H and O–H groups in total. The molecule has 0 saturated carbocycles. The summed E-state index contributed by atoms with van der Waals surface area (Å²) in [7, 11) is 0. The zero-order chi connectivity index (χ0) is 10.8. The predicted octanol–water partition coefficient (Wildman–Crippen LogP) is 0.432. The molecule has 0 aliphatic heterocycles. The van der Waals surface area contributed by atoms with Crippen molar-refractivity contribution in [3.05, 3.63) is 24.2 Å². The largest absolute Gasteiger partial charge is 0.481 e. The minimum atomic E-state index is -0.948. The second kappa shape index (κ2) is 3.66. The molecule has 0 radical (unpaired) electrons. The van der Waals surface area contributed by atoms with E-state index in [4.69, 9.17) is 10.8 Å². The lowest BCUT2D eigenvalue weighted by Gasteiger charge is -2.03. The van der Waals surface area contributed by atoms with E-state index in [9.17, 15) is 4.79 Å². The first-order chi connectivity index (χ1) is 7.16. The van der Waals surface area contributed by atoms with Crippen LogP contribution < -0.4 is 5.73 Å². The van der Waals surface area contributed by atoms with Gasteiger partial charge in [0.15, 0.2) is 5.65 Å². The Labute approximate surface area is 85.2 Å². The van der Waals surface area contributed by atoms with Crippen molar-refractivity contribution < 1.29 is 9.90 Å². The number of carboxylic acid groups (broad SMARTS) is 1. The summed E-state index contributed by atoms with van der Waals surface area (Å²) >= 11 is 0. The first-order valence-electron chi connectivity index (χ1n) is 4.45. The summed E-state index contributed by atoms with van der Waals surface area (Å²) in [5.41, 5.74) is 6.96. The number of carbonyl (C=O) groups is 1. The fraction of sp³-hybridized carbons (Fsp3) is 0.222. The lowest BCUT2D eigenvalue weighted by molar-refractivity contribution is -0.137. The SMILES string of the molecule is N[C@H](CC(=O)O)c1nc2ncccc2[nH]1. The monoisotopic (exact) mass is 206 g/mol. The number of nitrogens with zero attached hydrogens (tertiary/aromatic N) is 2. The maximum atomic E-state index is 10.5. The molecule has 0 spiro atoms. The summed E-state index contributed by atoms with van der Waals surface area (Å²) in [5.74, 6) is -0.498. The van der Waals surface area contributed by atoms with E-state index >= 15 is 0 Å². The highest BCUT2D eigenvalue weighted by molar-refractivity contribution is 5.71. The van der Waals surface area contributed by atoms with Gasteiger partial charge >= 0.3 is 5.97 Å². The number of aliphatic carboxylic acids is 1. The molecule has 0 amide bonds. The minimum Gasteiger partial charge on any atom is -0.481 e. The number of nitrogens with two attached hydrogens (primary N) is 1. The Morgan fingerprint density at radius 1 is 1.67 bits per heavy atom. The molecule has 0 aliphatic rings. The Morgan fingerprint density at radius 2 is 2.47 bits per heavy atom. The molecule has 0 fully saturated rings. The normalized spacial score (nSPS) is 12.9. The van der Waals surface area contributed by atoms with Crippen LogP contribution in [0.1, 0.15) is 18.3 Å². The van der Waals surface area contributed by atoms with Gasteiger partial charge in [-0.25, -0.2) is 9.97 Å². The van der Waals surface area contributed by atoms with Gasteiger partial charge in [-0.3, -0.25) is 4.79 Å². The van der Waals surface area contributed by atoms with Crippen molar-refractivity contribution >= 4 is 17.1 Å². The van der Waals surface area contributed by atoms with Gasteiger partial charge in [0.2, 0.25) is 0 Å². The average Bonchev–Trinajstić information content (AvgIpc) is 2.59. The molecule has 2 rings (SSSR count). The van der Waals surface area contributed by atoms with Crippen LogP contribution in [0.15, 0.2) is 18.3 Å². The lowest BCUT2D eigenvalue weighted by Crippen LogP contribution is -2.16. The fourth-order valence-electron chi connectivity index (χ4n) is 1.32. The van der Waals surface area contributed by atoms with Crippen LogP contribution >= 0.6 is 0 Å². The summed E-state index contributed by atoms with van der Waals surface area (Å²) in [4.78, 5) is 21.5. The third-order valence-electron chi connectivity index (χ3n) is 2.02. The van der Waals surface area contributed by atoms with Gasteiger partial charge in [0.1, 0.15) is 5.82 Å². The second-order valence-corrected chi connectivity index (χ2v) is 3.20. The van der Waals surface area contributed by atoms with Gasteiger partial charge < -0.3 is 15.8 Å². The summed E-state index contributed by atoms with van der Waals surface area (Å²) in [6.45, 7) is 0. The summed E-state index contributed by atoms with van der Waals surface area (Å²) < 4.78 is 0. The maximum absolute atomic E-state index is 10.5. The van der Waals surface area contributed by atoms with Gasteiger partial charge in [-0.15, -0.1) is 0 Å². The second-order valence-electron chi connectivity index (χ2n) is 3.20. The molecule has 6 nitrogen and oxygen atoms in total. The van der Waals surface area contributed by atoms with E-state index in [2.05, 4.69) is 15.0 Å². The Hall–Kier alpha value is -1.95. The van der Waals surface area contributed by atoms with E-state index in [1.807, 2.05) is 6.07 Å². The fourth-order valence-corrected chi connectivity index (χ4v) is 1.32. The lowest BCUT2D eigenvalue weighted by atomic mass is 10.2. The molecule has 0 bridgehead atoms. The molecule has 0 unspecified atom stereocenters. The number of nitrogens with one attached hydrogen (secondary N) is 1. The number of pyridine rings is 1. The smallest absolute Gasteiger partial charge is 0.305 e. The average molecular weight is 206 g/mol. The highest BCUT2D eigenvalue weighted by Gasteiger charge is 2.14. The van der Waals surface area contributed by atoms with E-state index < -0.39 is 12.0 Å². The van der Waals surface area contributed by atoms with Crippen molar-refractivity contribution in [1.29, 1.82) is 0 Å². The highest BCUT2D eigenvalue weighted by Crippen LogP contribution is 2.14. The molecule has 15 heavy (non-hydrogen) atoms. The zero-order valence-corrected chi connectivity index (χ0v) is 7.84. The zero-order valence-electron chi connectivity index (χ0n) is 7.84. The number of carboxylic acids is 1. The molecular formula is C9H10N4O2. The first-order valence-corrected chi connectivity index (χ1v) is 4.45. The number of H-pyrrole nitrogens is 1. The van der Waals surface area contributed by atoms with Crippen LogP contribution in [0.4, 0.5) is 0 Å². The number of hydrogen-bond acceptors (Lipinski definition) is 4. The molecule has 2 aromatic rings. The molecule has 2 aromatic heterocycles. The van der Waals surface area contributed by atoms with E-state index in [-0.39, 0.29) is 6.42 Å². The molecule has 0 aromatic carbocycles. The predicted molar refractivity (Wildman–Crippen MR) is 53.1 cm³/mol. The Balaban J connectivity index is 2.32. The number of aromatic amines is 1. The van der Waals surface area contributed by atoms with Crippen LogP contribution in [0.3, 0.4) is 0 Å². The van der Waals surface area contributed by atoms with Gasteiger partial charge in [-0.2, -0.15) is 0 Å². The minimum absolute atomic E-state index is 0.153. The van der Waals surface area contributed by atoms with Crippen LogP contribution in [-0.2, 0) is 4.79 Å². The topological polar surface area (TPSA) is 105 Å². The van der Waals surface area contributed by atoms with Crippen LogP contribution in [0, 0.1) is 0 Å².